The molecule has 1 saturated heterocycles. The minimum Gasteiger partial charge on any atom is -0.491 e. The SMILES string of the molecule is CCOc1ccc(CCN2CC[C@@](C)(NC(=O)OC(C)(C)C)C2)cc1F. The number of nitrogens with one attached hydrogen (secondary N) is 1. The Balaban J connectivity index is 1.83. The minimum absolute atomic E-state index is 0.298. The van der Waals surface area contributed by atoms with Crippen LogP contribution in [0, 0.1) is 5.82 Å². The lowest BCUT2D eigenvalue weighted by Gasteiger charge is -2.28. The Labute approximate surface area is 155 Å². The Morgan fingerprint density at radius 3 is 2.73 bits per heavy atom. The van der Waals surface area contributed by atoms with E-state index < -0.39 is 5.60 Å². The molecule has 1 aromatic rings. The fourth-order valence-electron chi connectivity index (χ4n) is 3.16. The van der Waals surface area contributed by atoms with Crippen molar-refractivity contribution >= 4 is 6.09 Å². The van der Waals surface area contributed by atoms with Gasteiger partial charge in [-0.25, -0.2) is 9.18 Å². The maximum atomic E-state index is 13.9. The molecule has 5 nitrogen and oxygen atoms in total. The minimum atomic E-state index is -0.504. The summed E-state index contributed by atoms with van der Waals surface area (Å²) >= 11 is 0. The second kappa shape index (κ2) is 8.25. The monoisotopic (exact) mass is 366 g/mol. The van der Waals surface area contributed by atoms with Gasteiger partial charge in [-0.2, -0.15) is 0 Å². The molecule has 0 saturated carbocycles. The van der Waals surface area contributed by atoms with Crippen molar-refractivity contribution < 1.29 is 18.7 Å². The van der Waals surface area contributed by atoms with Crippen LogP contribution in [0.2, 0.25) is 0 Å². The number of nitrogens with zero attached hydrogens (tertiary/aromatic N) is 1. The first-order valence-electron chi connectivity index (χ1n) is 9.25. The zero-order valence-electron chi connectivity index (χ0n) is 16.5. The molecule has 0 aliphatic carbocycles. The molecule has 1 atom stereocenters. The quantitative estimate of drug-likeness (QED) is 0.833. The first-order valence-corrected chi connectivity index (χ1v) is 9.25. The molecule has 1 aliphatic heterocycles. The first-order chi connectivity index (χ1) is 12.1. The van der Waals surface area contributed by atoms with E-state index in [4.69, 9.17) is 9.47 Å². The van der Waals surface area contributed by atoms with Gasteiger partial charge < -0.3 is 19.7 Å². The number of alkyl carbamates (subject to hydrolysis) is 1. The third kappa shape index (κ3) is 6.16. The highest BCUT2D eigenvalue weighted by Gasteiger charge is 2.36. The summed E-state index contributed by atoms with van der Waals surface area (Å²) in [6.45, 7) is 12.4. The van der Waals surface area contributed by atoms with Crippen molar-refractivity contribution in [3.8, 4) is 5.75 Å². The van der Waals surface area contributed by atoms with Gasteiger partial charge in [-0.1, -0.05) is 6.07 Å². The van der Waals surface area contributed by atoms with Gasteiger partial charge in [-0.3, -0.25) is 0 Å². The van der Waals surface area contributed by atoms with E-state index in [1.165, 1.54) is 0 Å². The van der Waals surface area contributed by atoms with E-state index in [2.05, 4.69) is 10.2 Å². The average molecular weight is 366 g/mol. The van der Waals surface area contributed by atoms with Crippen LogP contribution in [0.15, 0.2) is 18.2 Å². The van der Waals surface area contributed by atoms with Crippen molar-refractivity contribution in [2.24, 2.45) is 0 Å². The van der Waals surface area contributed by atoms with Crippen molar-refractivity contribution in [1.82, 2.24) is 10.2 Å². The zero-order chi connectivity index (χ0) is 19.4. The van der Waals surface area contributed by atoms with E-state index in [1.807, 2.05) is 40.7 Å². The van der Waals surface area contributed by atoms with Crippen LogP contribution in [0.25, 0.3) is 0 Å². The van der Waals surface area contributed by atoms with Gasteiger partial charge in [0, 0.05) is 19.6 Å². The topological polar surface area (TPSA) is 50.8 Å². The summed E-state index contributed by atoms with van der Waals surface area (Å²) in [5.74, 6) is -0.0197. The molecule has 1 fully saturated rings. The lowest BCUT2D eigenvalue weighted by Crippen LogP contribution is -2.49. The van der Waals surface area contributed by atoms with Gasteiger partial charge in [0.05, 0.1) is 12.1 Å². The van der Waals surface area contributed by atoms with Crippen LogP contribution >= 0.6 is 0 Å². The molecular formula is C20H31FN2O3. The number of benzene rings is 1. The fraction of sp³-hybridized carbons (Fsp3) is 0.650. The molecule has 1 amide bonds. The molecule has 1 aliphatic rings. The number of carbonyl (C=O) groups excluding carboxylic acids is 1. The molecule has 0 aromatic heterocycles. The van der Waals surface area contributed by atoms with E-state index in [0.29, 0.717) is 12.4 Å². The molecule has 2 rings (SSSR count). The van der Waals surface area contributed by atoms with Crippen LogP contribution in [0.1, 0.15) is 46.6 Å². The van der Waals surface area contributed by atoms with Crippen molar-refractivity contribution in [2.45, 2.75) is 58.6 Å². The van der Waals surface area contributed by atoms with E-state index in [9.17, 15) is 9.18 Å². The Morgan fingerprint density at radius 1 is 1.38 bits per heavy atom. The Hall–Kier alpha value is -1.82. The molecule has 1 aromatic carbocycles. The van der Waals surface area contributed by atoms with Crippen LogP contribution in [-0.2, 0) is 11.2 Å². The van der Waals surface area contributed by atoms with Crippen LogP contribution in [-0.4, -0.2) is 48.4 Å². The molecule has 1 N–H and O–H groups in total. The van der Waals surface area contributed by atoms with Gasteiger partial charge in [0.25, 0.3) is 0 Å². The fourth-order valence-corrected chi connectivity index (χ4v) is 3.16. The van der Waals surface area contributed by atoms with Gasteiger partial charge >= 0.3 is 6.09 Å². The molecule has 26 heavy (non-hydrogen) atoms. The third-order valence-corrected chi connectivity index (χ3v) is 4.37. The van der Waals surface area contributed by atoms with Crippen LogP contribution in [0.5, 0.6) is 5.75 Å². The highest BCUT2D eigenvalue weighted by molar-refractivity contribution is 5.68. The lowest BCUT2D eigenvalue weighted by atomic mass is 10.0. The lowest BCUT2D eigenvalue weighted by molar-refractivity contribution is 0.0467. The normalized spacial score (nSPS) is 20.8. The largest absolute Gasteiger partial charge is 0.491 e. The molecular weight excluding hydrogens is 335 g/mol. The number of halogens is 1. The number of hydrogen-bond acceptors (Lipinski definition) is 4. The van der Waals surface area contributed by atoms with Gasteiger partial charge in [0.15, 0.2) is 11.6 Å². The predicted octanol–water partition coefficient (Wildman–Crippen LogP) is 3.76. The second-order valence-corrected chi connectivity index (χ2v) is 8.16. The number of ether oxygens (including phenoxy) is 2. The molecule has 1 heterocycles. The summed E-state index contributed by atoms with van der Waals surface area (Å²) in [7, 11) is 0. The van der Waals surface area contributed by atoms with Crippen LogP contribution in [0.3, 0.4) is 0 Å². The summed E-state index contributed by atoms with van der Waals surface area (Å²) in [4.78, 5) is 14.3. The average Bonchev–Trinajstić information content (AvgIpc) is 2.86. The second-order valence-electron chi connectivity index (χ2n) is 8.16. The van der Waals surface area contributed by atoms with E-state index in [1.54, 1.807) is 12.1 Å². The Bertz CT molecular complexity index is 630. The number of carbonyl (C=O) groups is 1. The molecule has 146 valence electrons. The zero-order valence-corrected chi connectivity index (χ0v) is 16.5. The number of likely N-dealkylation sites (tertiary alicyclic amines) is 1. The van der Waals surface area contributed by atoms with Crippen LogP contribution < -0.4 is 10.1 Å². The number of amides is 1. The predicted molar refractivity (Wildman–Crippen MR) is 100 cm³/mol. The smallest absolute Gasteiger partial charge is 0.408 e. The standard InChI is InChI=1S/C20H31FN2O3/c1-6-25-17-8-7-15(13-16(17)21)9-11-23-12-10-20(5,14-23)22-18(24)26-19(2,3)4/h7-8,13H,6,9-12,14H2,1-5H3,(H,22,24)/t20-/m1/s1. The van der Waals surface area contributed by atoms with E-state index in [-0.39, 0.29) is 17.4 Å². The molecule has 0 unspecified atom stereocenters. The molecule has 0 bridgehead atoms. The summed E-state index contributed by atoms with van der Waals surface area (Å²) in [5, 5.41) is 2.99. The van der Waals surface area contributed by atoms with E-state index >= 15 is 0 Å². The number of rotatable bonds is 6. The summed E-state index contributed by atoms with van der Waals surface area (Å²) in [5.41, 5.74) is 0.141. The summed E-state index contributed by atoms with van der Waals surface area (Å²) < 4.78 is 24.5. The molecule has 0 radical (unpaired) electrons. The van der Waals surface area contributed by atoms with Crippen molar-refractivity contribution in [3.63, 3.8) is 0 Å². The highest BCUT2D eigenvalue weighted by atomic mass is 19.1. The Kier molecular flexibility index (Phi) is 6.50. The Morgan fingerprint density at radius 2 is 2.12 bits per heavy atom. The van der Waals surface area contributed by atoms with Crippen molar-refractivity contribution in [3.05, 3.63) is 29.6 Å². The van der Waals surface area contributed by atoms with Crippen molar-refractivity contribution in [1.29, 1.82) is 0 Å². The van der Waals surface area contributed by atoms with Crippen molar-refractivity contribution in [2.75, 3.05) is 26.2 Å². The maximum Gasteiger partial charge on any atom is 0.408 e. The van der Waals surface area contributed by atoms with E-state index in [0.717, 1.165) is 38.0 Å². The number of hydrogen-bond donors (Lipinski definition) is 1. The van der Waals surface area contributed by atoms with Gasteiger partial charge in [0.2, 0.25) is 0 Å². The maximum absolute atomic E-state index is 13.9. The third-order valence-electron chi connectivity index (χ3n) is 4.37. The van der Waals surface area contributed by atoms with Gasteiger partial charge in [-0.05, 0) is 65.2 Å². The summed E-state index contributed by atoms with van der Waals surface area (Å²) in [6.07, 6.45) is 1.24. The van der Waals surface area contributed by atoms with Gasteiger partial charge in [0.1, 0.15) is 5.60 Å². The molecule has 0 spiro atoms. The molecule has 6 heteroatoms. The first kappa shape index (κ1) is 20.5. The highest BCUT2D eigenvalue weighted by Crippen LogP contribution is 2.23. The van der Waals surface area contributed by atoms with Gasteiger partial charge in [-0.15, -0.1) is 0 Å². The summed E-state index contributed by atoms with van der Waals surface area (Å²) in [6, 6.07) is 5.13. The van der Waals surface area contributed by atoms with Crippen LogP contribution in [0.4, 0.5) is 9.18 Å².